The van der Waals surface area contributed by atoms with E-state index in [1.165, 1.54) is 24.1 Å². The highest BCUT2D eigenvalue weighted by Crippen LogP contribution is 2.27. The zero-order chi connectivity index (χ0) is 14.7. The number of nitrogens with zero attached hydrogens (tertiary/aromatic N) is 1. The molecule has 1 aliphatic heterocycles. The Kier molecular flexibility index (Phi) is 4.57. The van der Waals surface area contributed by atoms with Crippen molar-refractivity contribution in [3.05, 3.63) is 58.1 Å². The first-order valence-corrected chi connectivity index (χ1v) is 8.01. The molecule has 0 saturated carbocycles. The number of para-hydroxylation sites is 1. The molecule has 1 heterocycles. The Hall–Kier alpha value is -1.38. The van der Waals surface area contributed by atoms with Crippen LogP contribution in [-0.2, 0) is 6.54 Å². The van der Waals surface area contributed by atoms with E-state index in [0.717, 1.165) is 25.3 Å². The van der Waals surface area contributed by atoms with Gasteiger partial charge in [-0.1, -0.05) is 41.4 Å². The van der Waals surface area contributed by atoms with Crippen molar-refractivity contribution in [3.63, 3.8) is 0 Å². The molecule has 2 aromatic rings. The van der Waals surface area contributed by atoms with Crippen LogP contribution in [0.25, 0.3) is 0 Å². The molecule has 0 bridgehead atoms. The highest BCUT2D eigenvalue weighted by atomic mass is 35.5. The van der Waals surface area contributed by atoms with Crippen molar-refractivity contribution in [1.82, 2.24) is 0 Å². The average molecular weight is 321 g/mol. The summed E-state index contributed by atoms with van der Waals surface area (Å²) in [7, 11) is 0. The van der Waals surface area contributed by atoms with Crippen LogP contribution in [0.2, 0.25) is 10.0 Å². The number of hydrogen-bond donors (Lipinski definition) is 1. The van der Waals surface area contributed by atoms with Crippen LogP contribution >= 0.6 is 23.2 Å². The SMILES string of the molecule is Clc1cc(Cl)cc(NCc2ccccc2N2CCCC2)c1. The summed E-state index contributed by atoms with van der Waals surface area (Å²) in [5, 5.41) is 4.71. The molecule has 0 unspecified atom stereocenters. The first kappa shape index (κ1) is 14.6. The second kappa shape index (κ2) is 6.59. The predicted molar refractivity (Wildman–Crippen MR) is 91.7 cm³/mol. The van der Waals surface area contributed by atoms with Crippen LogP contribution in [-0.4, -0.2) is 13.1 Å². The van der Waals surface area contributed by atoms with Gasteiger partial charge in [0.1, 0.15) is 0 Å². The summed E-state index contributed by atoms with van der Waals surface area (Å²) in [6, 6.07) is 14.1. The fraction of sp³-hybridized carbons (Fsp3) is 0.294. The normalized spacial score (nSPS) is 14.5. The van der Waals surface area contributed by atoms with Crippen LogP contribution in [0.4, 0.5) is 11.4 Å². The van der Waals surface area contributed by atoms with Gasteiger partial charge in [0.15, 0.2) is 0 Å². The van der Waals surface area contributed by atoms with Gasteiger partial charge in [0.05, 0.1) is 0 Å². The van der Waals surface area contributed by atoms with E-state index in [0.29, 0.717) is 10.0 Å². The highest BCUT2D eigenvalue weighted by Gasteiger charge is 2.15. The summed E-state index contributed by atoms with van der Waals surface area (Å²) in [5.41, 5.74) is 3.58. The Bertz CT molecular complexity index is 602. The number of hydrogen-bond acceptors (Lipinski definition) is 2. The average Bonchev–Trinajstić information content (AvgIpc) is 2.98. The molecule has 21 heavy (non-hydrogen) atoms. The van der Waals surface area contributed by atoms with Crippen molar-refractivity contribution in [2.75, 3.05) is 23.3 Å². The lowest BCUT2D eigenvalue weighted by Crippen LogP contribution is -2.19. The number of nitrogens with one attached hydrogen (secondary N) is 1. The molecule has 3 rings (SSSR count). The predicted octanol–water partition coefficient (Wildman–Crippen LogP) is 5.21. The lowest BCUT2D eigenvalue weighted by atomic mass is 10.1. The van der Waals surface area contributed by atoms with Gasteiger partial charge in [0.25, 0.3) is 0 Å². The molecule has 0 atom stereocenters. The standard InChI is InChI=1S/C17H18Cl2N2/c18-14-9-15(19)11-16(10-14)20-12-13-5-1-2-6-17(13)21-7-3-4-8-21/h1-2,5-6,9-11,20H,3-4,7-8,12H2. The van der Waals surface area contributed by atoms with Crippen LogP contribution in [0.5, 0.6) is 0 Å². The minimum Gasteiger partial charge on any atom is -0.381 e. The first-order valence-electron chi connectivity index (χ1n) is 7.25. The van der Waals surface area contributed by atoms with Crippen molar-refractivity contribution in [2.45, 2.75) is 19.4 Å². The minimum atomic E-state index is 0.651. The summed E-state index contributed by atoms with van der Waals surface area (Å²) in [5.74, 6) is 0. The van der Waals surface area contributed by atoms with E-state index >= 15 is 0 Å². The maximum absolute atomic E-state index is 6.03. The van der Waals surface area contributed by atoms with E-state index in [-0.39, 0.29) is 0 Å². The van der Waals surface area contributed by atoms with Crippen LogP contribution in [0.15, 0.2) is 42.5 Å². The van der Waals surface area contributed by atoms with Crippen LogP contribution < -0.4 is 10.2 Å². The number of rotatable bonds is 4. The molecule has 2 aromatic carbocycles. The molecule has 1 fully saturated rings. The van der Waals surface area contributed by atoms with Crippen molar-refractivity contribution in [1.29, 1.82) is 0 Å². The monoisotopic (exact) mass is 320 g/mol. The maximum atomic E-state index is 6.03. The molecule has 0 spiro atoms. The van der Waals surface area contributed by atoms with Crippen LogP contribution in [0.1, 0.15) is 18.4 Å². The van der Waals surface area contributed by atoms with Gasteiger partial charge in [-0.05, 0) is 42.7 Å². The van der Waals surface area contributed by atoms with E-state index < -0.39 is 0 Å². The molecular weight excluding hydrogens is 303 g/mol. The maximum Gasteiger partial charge on any atom is 0.0441 e. The fourth-order valence-electron chi connectivity index (χ4n) is 2.78. The van der Waals surface area contributed by atoms with E-state index in [2.05, 4.69) is 34.5 Å². The van der Waals surface area contributed by atoms with E-state index in [1.54, 1.807) is 6.07 Å². The summed E-state index contributed by atoms with van der Waals surface area (Å²) in [6.07, 6.45) is 2.57. The van der Waals surface area contributed by atoms with Crippen molar-refractivity contribution in [3.8, 4) is 0 Å². The summed E-state index contributed by atoms with van der Waals surface area (Å²) in [4.78, 5) is 2.46. The number of anilines is 2. The fourth-order valence-corrected chi connectivity index (χ4v) is 3.31. The van der Waals surface area contributed by atoms with Crippen molar-refractivity contribution < 1.29 is 0 Å². The third-order valence-electron chi connectivity index (χ3n) is 3.78. The lowest BCUT2D eigenvalue weighted by Gasteiger charge is -2.21. The highest BCUT2D eigenvalue weighted by molar-refractivity contribution is 6.35. The van der Waals surface area contributed by atoms with Gasteiger partial charge >= 0.3 is 0 Å². The lowest BCUT2D eigenvalue weighted by molar-refractivity contribution is 0.949. The van der Waals surface area contributed by atoms with Gasteiger partial charge < -0.3 is 10.2 Å². The second-order valence-corrected chi connectivity index (χ2v) is 6.21. The van der Waals surface area contributed by atoms with Gasteiger partial charge in [0.2, 0.25) is 0 Å². The van der Waals surface area contributed by atoms with Crippen molar-refractivity contribution >= 4 is 34.6 Å². The van der Waals surface area contributed by atoms with Gasteiger partial charge in [-0.2, -0.15) is 0 Å². The molecular formula is C17H18Cl2N2. The molecule has 1 saturated heterocycles. The van der Waals surface area contributed by atoms with E-state index in [9.17, 15) is 0 Å². The van der Waals surface area contributed by atoms with Gasteiger partial charge in [-0.25, -0.2) is 0 Å². The van der Waals surface area contributed by atoms with E-state index in [1.807, 2.05) is 12.1 Å². The smallest absolute Gasteiger partial charge is 0.0441 e. The summed E-state index contributed by atoms with van der Waals surface area (Å²) < 4.78 is 0. The zero-order valence-corrected chi connectivity index (χ0v) is 13.3. The first-order chi connectivity index (χ1) is 10.2. The van der Waals surface area contributed by atoms with Gasteiger partial charge in [-0.3, -0.25) is 0 Å². The van der Waals surface area contributed by atoms with Crippen molar-refractivity contribution in [2.24, 2.45) is 0 Å². The Morgan fingerprint density at radius 1 is 0.952 bits per heavy atom. The molecule has 0 aromatic heterocycles. The molecule has 0 aliphatic carbocycles. The Morgan fingerprint density at radius 3 is 2.33 bits per heavy atom. The topological polar surface area (TPSA) is 15.3 Å². The number of benzene rings is 2. The zero-order valence-electron chi connectivity index (χ0n) is 11.8. The molecule has 1 aliphatic rings. The second-order valence-electron chi connectivity index (χ2n) is 5.33. The van der Waals surface area contributed by atoms with Crippen LogP contribution in [0.3, 0.4) is 0 Å². The molecule has 110 valence electrons. The molecule has 0 amide bonds. The molecule has 1 N–H and O–H groups in total. The third-order valence-corrected chi connectivity index (χ3v) is 4.22. The van der Waals surface area contributed by atoms with Gasteiger partial charge in [0, 0.05) is 41.1 Å². The third kappa shape index (κ3) is 3.63. The molecule has 4 heteroatoms. The quantitative estimate of drug-likeness (QED) is 0.832. The Balaban J connectivity index is 1.75. The Morgan fingerprint density at radius 2 is 1.62 bits per heavy atom. The largest absolute Gasteiger partial charge is 0.381 e. The number of halogens is 2. The van der Waals surface area contributed by atoms with Crippen LogP contribution in [0, 0.1) is 0 Å². The minimum absolute atomic E-state index is 0.651. The van der Waals surface area contributed by atoms with Gasteiger partial charge in [-0.15, -0.1) is 0 Å². The Labute approximate surface area is 135 Å². The summed E-state index contributed by atoms with van der Waals surface area (Å²) >= 11 is 12.1. The molecule has 2 nitrogen and oxygen atoms in total. The summed E-state index contributed by atoms with van der Waals surface area (Å²) in [6.45, 7) is 3.07. The molecule has 0 radical (unpaired) electrons. The van der Waals surface area contributed by atoms with E-state index in [4.69, 9.17) is 23.2 Å².